The number of anilines is 3. The molecule has 2 rings (SSSR count). The van der Waals surface area contributed by atoms with Crippen LogP contribution in [0.5, 0.6) is 0 Å². The summed E-state index contributed by atoms with van der Waals surface area (Å²) >= 11 is 11.5. The van der Waals surface area contributed by atoms with Gasteiger partial charge in [-0.15, -0.1) is 0 Å². The molecule has 0 saturated carbocycles. The molecule has 20 heavy (non-hydrogen) atoms. The molecule has 8 heteroatoms. The van der Waals surface area contributed by atoms with Crippen LogP contribution in [0.25, 0.3) is 0 Å². The fourth-order valence-corrected chi connectivity index (χ4v) is 1.84. The molecule has 2 aromatic rings. The van der Waals surface area contributed by atoms with E-state index in [0.717, 1.165) is 12.1 Å². The Labute approximate surface area is 122 Å². The molecule has 1 aromatic carbocycles. The van der Waals surface area contributed by atoms with Crippen molar-refractivity contribution in [2.24, 2.45) is 0 Å². The summed E-state index contributed by atoms with van der Waals surface area (Å²) in [6, 6.07) is 5.96. The standard InChI is InChI=1S/C12H8Cl2F3N3/c13-7-5-6(12(15,16)17)1-3-9(7)19-11-8(18)2-4-10(14)20-11/h1-5H,18H2,(H,19,20). The molecule has 0 atom stereocenters. The maximum atomic E-state index is 12.5. The second-order valence-corrected chi connectivity index (χ2v) is 4.68. The van der Waals surface area contributed by atoms with Gasteiger partial charge in [-0.1, -0.05) is 23.2 Å². The van der Waals surface area contributed by atoms with Gasteiger partial charge in [-0.05, 0) is 30.3 Å². The molecule has 0 unspecified atom stereocenters. The van der Waals surface area contributed by atoms with E-state index < -0.39 is 11.7 Å². The van der Waals surface area contributed by atoms with Crippen LogP contribution >= 0.6 is 23.2 Å². The number of nitrogens with one attached hydrogen (secondary N) is 1. The minimum Gasteiger partial charge on any atom is -0.396 e. The number of pyridine rings is 1. The van der Waals surface area contributed by atoms with Crippen molar-refractivity contribution >= 4 is 40.4 Å². The fraction of sp³-hybridized carbons (Fsp3) is 0.0833. The van der Waals surface area contributed by atoms with Crippen molar-refractivity contribution < 1.29 is 13.2 Å². The lowest BCUT2D eigenvalue weighted by atomic mass is 10.2. The van der Waals surface area contributed by atoms with Crippen molar-refractivity contribution in [1.82, 2.24) is 4.98 Å². The van der Waals surface area contributed by atoms with Crippen molar-refractivity contribution in [3.8, 4) is 0 Å². The van der Waals surface area contributed by atoms with E-state index >= 15 is 0 Å². The van der Waals surface area contributed by atoms with Crippen LogP contribution in [0.4, 0.5) is 30.4 Å². The van der Waals surface area contributed by atoms with Gasteiger partial charge in [0.2, 0.25) is 0 Å². The van der Waals surface area contributed by atoms with Crippen LogP contribution in [-0.4, -0.2) is 4.98 Å². The molecule has 0 spiro atoms. The molecular weight excluding hydrogens is 314 g/mol. The average molecular weight is 322 g/mol. The van der Waals surface area contributed by atoms with Crippen molar-refractivity contribution in [3.63, 3.8) is 0 Å². The van der Waals surface area contributed by atoms with E-state index in [2.05, 4.69) is 10.3 Å². The van der Waals surface area contributed by atoms with Crippen LogP contribution in [0.2, 0.25) is 10.2 Å². The quantitative estimate of drug-likeness (QED) is 0.786. The maximum absolute atomic E-state index is 12.5. The van der Waals surface area contributed by atoms with Crippen molar-refractivity contribution in [1.29, 1.82) is 0 Å². The number of nitrogens with zero attached hydrogens (tertiary/aromatic N) is 1. The molecule has 0 aliphatic carbocycles. The second kappa shape index (κ2) is 5.38. The third-order valence-electron chi connectivity index (χ3n) is 2.44. The van der Waals surface area contributed by atoms with Crippen molar-refractivity contribution in [2.45, 2.75) is 6.18 Å². The first-order valence-corrected chi connectivity index (χ1v) is 6.09. The van der Waals surface area contributed by atoms with Crippen LogP contribution < -0.4 is 11.1 Å². The summed E-state index contributed by atoms with van der Waals surface area (Å²) in [7, 11) is 0. The lowest BCUT2D eigenvalue weighted by Gasteiger charge is -2.12. The van der Waals surface area contributed by atoms with Gasteiger partial charge >= 0.3 is 6.18 Å². The molecule has 0 bridgehead atoms. The Hall–Kier alpha value is -1.66. The number of hydrogen-bond donors (Lipinski definition) is 2. The highest BCUT2D eigenvalue weighted by Gasteiger charge is 2.30. The van der Waals surface area contributed by atoms with E-state index in [-0.39, 0.29) is 21.7 Å². The van der Waals surface area contributed by atoms with E-state index in [1.807, 2.05) is 0 Å². The van der Waals surface area contributed by atoms with Crippen molar-refractivity contribution in [3.05, 3.63) is 46.1 Å². The Morgan fingerprint density at radius 3 is 2.40 bits per heavy atom. The van der Waals surface area contributed by atoms with Gasteiger partial charge in [0.25, 0.3) is 0 Å². The smallest absolute Gasteiger partial charge is 0.396 e. The lowest BCUT2D eigenvalue weighted by Crippen LogP contribution is -2.05. The number of hydrogen-bond acceptors (Lipinski definition) is 3. The zero-order valence-corrected chi connectivity index (χ0v) is 11.3. The molecule has 106 valence electrons. The molecular formula is C12H8Cl2F3N3. The van der Waals surface area contributed by atoms with E-state index in [9.17, 15) is 13.2 Å². The molecule has 3 nitrogen and oxygen atoms in total. The van der Waals surface area contributed by atoms with Crippen molar-refractivity contribution in [2.75, 3.05) is 11.1 Å². The largest absolute Gasteiger partial charge is 0.416 e. The van der Waals surface area contributed by atoms with Crippen LogP contribution in [0.3, 0.4) is 0 Å². The van der Waals surface area contributed by atoms with Gasteiger partial charge < -0.3 is 11.1 Å². The van der Waals surface area contributed by atoms with Crippen LogP contribution in [-0.2, 0) is 6.18 Å². The number of rotatable bonds is 2. The van der Waals surface area contributed by atoms with Gasteiger partial charge in [-0.2, -0.15) is 13.2 Å². The Balaban J connectivity index is 2.33. The highest BCUT2D eigenvalue weighted by atomic mass is 35.5. The first-order chi connectivity index (χ1) is 9.27. The lowest BCUT2D eigenvalue weighted by molar-refractivity contribution is -0.137. The number of nitrogens with two attached hydrogens (primary N) is 1. The van der Waals surface area contributed by atoms with Gasteiger partial charge in [-0.3, -0.25) is 0 Å². The summed E-state index contributed by atoms with van der Waals surface area (Å²) in [4.78, 5) is 3.93. The summed E-state index contributed by atoms with van der Waals surface area (Å²) in [5.74, 6) is 0.221. The normalized spacial score (nSPS) is 11.4. The van der Waals surface area contributed by atoms with E-state index in [1.54, 1.807) is 0 Å². The molecule has 0 radical (unpaired) electrons. The third kappa shape index (κ3) is 3.26. The SMILES string of the molecule is Nc1ccc(Cl)nc1Nc1ccc(C(F)(F)F)cc1Cl. The third-order valence-corrected chi connectivity index (χ3v) is 2.97. The zero-order valence-electron chi connectivity index (χ0n) is 9.80. The van der Waals surface area contributed by atoms with Crippen LogP contribution in [0.15, 0.2) is 30.3 Å². The zero-order chi connectivity index (χ0) is 14.9. The Kier molecular flexibility index (Phi) is 3.96. The molecule has 0 aliphatic rings. The topological polar surface area (TPSA) is 50.9 Å². The van der Waals surface area contributed by atoms with Gasteiger partial charge in [0.1, 0.15) is 5.15 Å². The summed E-state index contributed by atoms with van der Waals surface area (Å²) in [6.07, 6.45) is -4.45. The van der Waals surface area contributed by atoms with Gasteiger partial charge in [0.05, 0.1) is 22.0 Å². The molecule has 0 amide bonds. The molecule has 1 aromatic heterocycles. The average Bonchev–Trinajstić information content (AvgIpc) is 2.35. The van der Waals surface area contributed by atoms with Gasteiger partial charge in [0, 0.05) is 0 Å². The Bertz CT molecular complexity index is 644. The minimum atomic E-state index is -4.45. The van der Waals surface area contributed by atoms with E-state index in [4.69, 9.17) is 28.9 Å². The molecule has 0 fully saturated rings. The predicted octanol–water partition coefficient (Wildman–Crippen LogP) is 4.73. The number of alkyl halides is 3. The first kappa shape index (κ1) is 14.7. The summed E-state index contributed by atoms with van der Waals surface area (Å²) in [5.41, 5.74) is 5.39. The van der Waals surface area contributed by atoms with E-state index in [0.29, 0.717) is 5.69 Å². The predicted molar refractivity (Wildman–Crippen MR) is 73.4 cm³/mol. The molecule has 0 aliphatic heterocycles. The highest BCUT2D eigenvalue weighted by molar-refractivity contribution is 6.33. The summed E-state index contributed by atoms with van der Waals surface area (Å²) < 4.78 is 37.5. The summed E-state index contributed by atoms with van der Waals surface area (Å²) in [6.45, 7) is 0. The van der Waals surface area contributed by atoms with Gasteiger partial charge in [0.15, 0.2) is 5.82 Å². The molecule has 1 heterocycles. The molecule has 0 saturated heterocycles. The Morgan fingerprint density at radius 2 is 1.80 bits per heavy atom. The minimum absolute atomic E-state index is 0.0963. The first-order valence-electron chi connectivity index (χ1n) is 5.33. The van der Waals surface area contributed by atoms with Crippen LogP contribution in [0, 0.1) is 0 Å². The second-order valence-electron chi connectivity index (χ2n) is 3.89. The number of halogens is 5. The monoisotopic (exact) mass is 321 g/mol. The maximum Gasteiger partial charge on any atom is 0.416 e. The fourth-order valence-electron chi connectivity index (χ4n) is 1.47. The Morgan fingerprint density at radius 1 is 1.10 bits per heavy atom. The number of benzene rings is 1. The van der Waals surface area contributed by atoms with E-state index in [1.165, 1.54) is 18.2 Å². The highest BCUT2D eigenvalue weighted by Crippen LogP contribution is 2.35. The van der Waals surface area contributed by atoms with Gasteiger partial charge in [-0.25, -0.2) is 4.98 Å². The number of aromatic nitrogens is 1. The molecule has 3 N–H and O–H groups in total. The van der Waals surface area contributed by atoms with Crippen LogP contribution in [0.1, 0.15) is 5.56 Å². The summed E-state index contributed by atoms with van der Waals surface area (Å²) in [5, 5.41) is 2.84. The number of nitrogen functional groups attached to an aromatic ring is 1.